The van der Waals surface area contributed by atoms with Crippen molar-refractivity contribution in [2.24, 2.45) is 0 Å². The van der Waals surface area contributed by atoms with E-state index in [0.29, 0.717) is 48.1 Å². The molecule has 0 unspecified atom stereocenters. The van der Waals surface area contributed by atoms with Crippen LogP contribution in [0.5, 0.6) is 0 Å². The molecule has 4 aromatic rings. The van der Waals surface area contributed by atoms with Crippen molar-refractivity contribution in [3.8, 4) is 11.3 Å². The summed E-state index contributed by atoms with van der Waals surface area (Å²) in [6, 6.07) is 15.9. The Morgan fingerprint density at radius 1 is 1.18 bits per heavy atom. The SMILES string of the molecule is COC(=O)CCc1ccc(S(=O)(=O)N(C)CCCNc2cc(-c3ccccc3Cl)nc3c(Br)cnn23)cc1. The zero-order valence-electron chi connectivity index (χ0n) is 20.9. The van der Waals surface area contributed by atoms with Crippen molar-refractivity contribution in [1.82, 2.24) is 18.9 Å². The first-order valence-electron chi connectivity index (χ1n) is 11.9. The average Bonchev–Trinajstić information content (AvgIpc) is 3.30. The fourth-order valence-electron chi connectivity index (χ4n) is 3.86. The van der Waals surface area contributed by atoms with E-state index in [4.69, 9.17) is 16.6 Å². The monoisotopic (exact) mass is 619 g/mol. The Kier molecular flexibility index (Phi) is 9.03. The van der Waals surface area contributed by atoms with Crippen LogP contribution in [0.3, 0.4) is 0 Å². The highest BCUT2D eigenvalue weighted by atomic mass is 79.9. The number of esters is 1. The minimum Gasteiger partial charge on any atom is -0.469 e. The van der Waals surface area contributed by atoms with Crippen LogP contribution in [-0.2, 0) is 26.0 Å². The van der Waals surface area contributed by atoms with E-state index >= 15 is 0 Å². The first-order valence-corrected chi connectivity index (χ1v) is 14.5. The molecule has 0 saturated heterocycles. The van der Waals surface area contributed by atoms with Crippen molar-refractivity contribution in [2.75, 3.05) is 32.6 Å². The summed E-state index contributed by atoms with van der Waals surface area (Å²) in [6.07, 6.45) is 2.96. The predicted octanol–water partition coefficient (Wildman–Crippen LogP) is 5.04. The second-order valence-electron chi connectivity index (χ2n) is 8.56. The number of sulfonamides is 1. The number of hydrogen-bond donors (Lipinski definition) is 1. The Morgan fingerprint density at radius 3 is 2.63 bits per heavy atom. The Morgan fingerprint density at radius 2 is 1.92 bits per heavy atom. The van der Waals surface area contributed by atoms with Crippen LogP contribution >= 0.6 is 27.5 Å². The molecule has 0 aliphatic carbocycles. The van der Waals surface area contributed by atoms with Gasteiger partial charge >= 0.3 is 5.97 Å². The molecule has 12 heteroatoms. The number of nitrogens with one attached hydrogen (secondary N) is 1. The van der Waals surface area contributed by atoms with Crippen molar-refractivity contribution in [2.45, 2.75) is 24.2 Å². The summed E-state index contributed by atoms with van der Waals surface area (Å²) in [5.74, 6) is 0.409. The summed E-state index contributed by atoms with van der Waals surface area (Å²) in [4.78, 5) is 16.2. The highest BCUT2D eigenvalue weighted by molar-refractivity contribution is 9.10. The standard InChI is InChI=1S/C26H27BrClN5O4S/c1-32(38(35,36)19-11-8-18(9-12-19)10-13-25(34)37-2)15-5-14-29-24-16-23(20-6-3-4-7-22(20)28)31-26-21(27)17-30-33(24)26/h3-4,6-9,11-12,16-17,29H,5,10,13-15H2,1-2H3. The van der Waals surface area contributed by atoms with Gasteiger partial charge in [-0.1, -0.05) is 41.9 Å². The number of methoxy groups -OCH3 is 1. The Labute approximate surface area is 235 Å². The molecule has 4 rings (SSSR count). The van der Waals surface area contributed by atoms with Crippen LogP contribution in [0.4, 0.5) is 5.82 Å². The van der Waals surface area contributed by atoms with Crippen LogP contribution in [0.25, 0.3) is 16.9 Å². The molecule has 0 aliphatic heterocycles. The van der Waals surface area contributed by atoms with Crippen LogP contribution in [0.2, 0.25) is 5.02 Å². The van der Waals surface area contributed by atoms with Gasteiger partial charge in [0.05, 0.1) is 28.4 Å². The number of ether oxygens (including phenoxy) is 1. The molecule has 0 bridgehead atoms. The molecule has 2 aromatic heterocycles. The van der Waals surface area contributed by atoms with Gasteiger partial charge in [0.15, 0.2) is 5.65 Å². The maximum absolute atomic E-state index is 13.0. The van der Waals surface area contributed by atoms with Gasteiger partial charge in [-0.3, -0.25) is 4.79 Å². The molecule has 0 radical (unpaired) electrons. The lowest BCUT2D eigenvalue weighted by Crippen LogP contribution is -2.29. The van der Waals surface area contributed by atoms with Gasteiger partial charge in [-0.25, -0.2) is 17.7 Å². The Hall–Kier alpha value is -2.99. The molecule has 2 aromatic carbocycles. The zero-order chi connectivity index (χ0) is 27.3. The van der Waals surface area contributed by atoms with Crippen LogP contribution in [0.15, 0.2) is 70.2 Å². The molecule has 38 heavy (non-hydrogen) atoms. The lowest BCUT2D eigenvalue weighted by atomic mass is 10.1. The molecule has 0 fully saturated rings. The van der Waals surface area contributed by atoms with Crippen molar-refractivity contribution in [1.29, 1.82) is 0 Å². The highest BCUT2D eigenvalue weighted by Crippen LogP contribution is 2.30. The van der Waals surface area contributed by atoms with Gasteiger partial charge in [-0.05, 0) is 52.5 Å². The number of aryl methyl sites for hydroxylation is 1. The first-order chi connectivity index (χ1) is 18.2. The number of nitrogens with zero attached hydrogens (tertiary/aromatic N) is 4. The summed E-state index contributed by atoms with van der Waals surface area (Å²) in [5.41, 5.74) is 3.00. The maximum Gasteiger partial charge on any atom is 0.305 e. The lowest BCUT2D eigenvalue weighted by molar-refractivity contribution is -0.140. The van der Waals surface area contributed by atoms with E-state index in [1.807, 2.05) is 30.3 Å². The molecule has 2 heterocycles. The fourth-order valence-corrected chi connectivity index (χ4v) is 5.65. The maximum atomic E-state index is 13.0. The van der Waals surface area contributed by atoms with Gasteiger partial charge in [-0.2, -0.15) is 9.61 Å². The van der Waals surface area contributed by atoms with Gasteiger partial charge in [0.25, 0.3) is 0 Å². The second kappa shape index (κ2) is 12.2. The molecule has 0 spiro atoms. The molecule has 9 nitrogen and oxygen atoms in total. The van der Waals surface area contributed by atoms with Crippen LogP contribution in [0.1, 0.15) is 18.4 Å². The van der Waals surface area contributed by atoms with Gasteiger partial charge in [0.2, 0.25) is 10.0 Å². The molecule has 0 amide bonds. The molecule has 1 N–H and O–H groups in total. The third kappa shape index (κ3) is 6.35. The van der Waals surface area contributed by atoms with Crippen molar-refractivity contribution in [3.05, 3.63) is 75.9 Å². The molecular formula is C26H27BrClN5O4S. The van der Waals surface area contributed by atoms with Crippen molar-refractivity contribution < 1.29 is 17.9 Å². The normalized spacial score (nSPS) is 11.7. The minimum absolute atomic E-state index is 0.205. The number of aromatic nitrogens is 3. The Bertz CT molecular complexity index is 1540. The highest BCUT2D eigenvalue weighted by Gasteiger charge is 2.20. The number of halogens is 2. The van der Waals surface area contributed by atoms with E-state index in [1.165, 1.54) is 11.4 Å². The third-order valence-corrected chi connectivity index (χ3v) is 8.77. The smallest absolute Gasteiger partial charge is 0.305 e. The number of fused-ring (bicyclic) bond motifs is 1. The van der Waals surface area contributed by atoms with Crippen LogP contribution in [0, 0.1) is 0 Å². The van der Waals surface area contributed by atoms with E-state index in [1.54, 1.807) is 42.0 Å². The quantitative estimate of drug-likeness (QED) is 0.185. The number of carbonyl (C=O) groups is 1. The Balaban J connectivity index is 1.40. The van der Waals surface area contributed by atoms with Crippen molar-refractivity contribution in [3.63, 3.8) is 0 Å². The average molecular weight is 621 g/mol. The molecular weight excluding hydrogens is 594 g/mol. The number of rotatable bonds is 11. The fraction of sp³-hybridized carbons (Fsp3) is 0.269. The minimum atomic E-state index is -3.65. The molecule has 0 atom stereocenters. The molecule has 0 aliphatic rings. The van der Waals surface area contributed by atoms with Gasteiger partial charge in [0.1, 0.15) is 5.82 Å². The van der Waals surface area contributed by atoms with Crippen molar-refractivity contribution >= 4 is 55.0 Å². The predicted molar refractivity (Wildman–Crippen MR) is 151 cm³/mol. The lowest BCUT2D eigenvalue weighted by Gasteiger charge is -2.18. The number of carbonyl (C=O) groups excluding carboxylic acids is 1. The van der Waals surface area contributed by atoms with E-state index in [2.05, 4.69) is 31.1 Å². The van der Waals surface area contributed by atoms with E-state index in [0.717, 1.165) is 15.6 Å². The van der Waals surface area contributed by atoms with Gasteiger partial charge in [0, 0.05) is 43.2 Å². The molecule has 0 saturated carbocycles. The van der Waals surface area contributed by atoms with Gasteiger partial charge in [-0.15, -0.1) is 0 Å². The summed E-state index contributed by atoms with van der Waals surface area (Å²) < 4.78 is 34.5. The summed E-state index contributed by atoms with van der Waals surface area (Å²) in [7, 11) is -0.747. The summed E-state index contributed by atoms with van der Waals surface area (Å²) in [6.45, 7) is 0.818. The largest absolute Gasteiger partial charge is 0.469 e. The number of hydrogen-bond acceptors (Lipinski definition) is 7. The van der Waals surface area contributed by atoms with E-state index in [9.17, 15) is 13.2 Å². The second-order valence-corrected chi connectivity index (χ2v) is 11.9. The van der Waals surface area contributed by atoms with E-state index < -0.39 is 10.0 Å². The van der Waals surface area contributed by atoms with E-state index in [-0.39, 0.29) is 17.3 Å². The third-order valence-electron chi connectivity index (χ3n) is 6.01. The number of benzene rings is 2. The first kappa shape index (κ1) is 28.0. The summed E-state index contributed by atoms with van der Waals surface area (Å²) >= 11 is 9.89. The summed E-state index contributed by atoms with van der Waals surface area (Å²) in [5, 5.41) is 8.32. The van der Waals surface area contributed by atoms with Crippen LogP contribution < -0.4 is 5.32 Å². The number of anilines is 1. The van der Waals surface area contributed by atoms with Crippen LogP contribution in [-0.4, -0.2) is 60.5 Å². The zero-order valence-corrected chi connectivity index (χ0v) is 24.1. The topological polar surface area (TPSA) is 106 Å². The molecule has 200 valence electrons. The van der Waals surface area contributed by atoms with Gasteiger partial charge < -0.3 is 10.1 Å².